The highest BCUT2D eigenvalue weighted by Gasteiger charge is 2.31. The Kier molecular flexibility index (Phi) is 4.09. The molecule has 0 radical (unpaired) electrons. The van der Waals surface area contributed by atoms with Crippen molar-refractivity contribution in [1.29, 1.82) is 0 Å². The van der Waals surface area contributed by atoms with Gasteiger partial charge in [-0.2, -0.15) is 0 Å². The molecule has 2 amide bonds. The summed E-state index contributed by atoms with van der Waals surface area (Å²) in [5.41, 5.74) is 7.37. The highest BCUT2D eigenvalue weighted by molar-refractivity contribution is 9.10. The molecule has 1 aliphatic rings. The van der Waals surface area contributed by atoms with Crippen molar-refractivity contribution in [2.75, 3.05) is 25.4 Å². The first-order valence-electron chi connectivity index (χ1n) is 6.15. The molecule has 102 valence electrons. The molecule has 2 rings (SSSR count). The van der Waals surface area contributed by atoms with Gasteiger partial charge in [-0.1, -0.05) is 22.0 Å². The molecule has 1 aromatic rings. The Morgan fingerprint density at radius 2 is 1.84 bits per heavy atom. The molecule has 6 heteroatoms. The molecule has 0 atom stereocenters. The van der Waals surface area contributed by atoms with Gasteiger partial charge in [0.1, 0.15) is 0 Å². The minimum atomic E-state index is -0.455. The fourth-order valence-corrected chi connectivity index (χ4v) is 2.61. The van der Waals surface area contributed by atoms with Crippen molar-refractivity contribution in [2.24, 2.45) is 0 Å². The summed E-state index contributed by atoms with van der Waals surface area (Å²) in [5, 5.41) is 0. The Labute approximate surface area is 120 Å². The zero-order valence-corrected chi connectivity index (χ0v) is 12.3. The van der Waals surface area contributed by atoms with Crippen LogP contribution in [0, 0.1) is 0 Å². The number of nitrogen functional groups attached to an aromatic ring is 1. The van der Waals surface area contributed by atoms with E-state index in [0.29, 0.717) is 31.9 Å². The Bertz CT molecular complexity index is 498. The summed E-state index contributed by atoms with van der Waals surface area (Å²) >= 11 is 3.42. The summed E-state index contributed by atoms with van der Waals surface area (Å²) < 4.78 is 0.852. The first-order valence-corrected chi connectivity index (χ1v) is 6.95. The van der Waals surface area contributed by atoms with Gasteiger partial charge < -0.3 is 15.5 Å². The molecule has 5 nitrogen and oxygen atoms in total. The SMILES string of the molecule is CCN1CCN(Cc2c(N)cccc2Br)C(=O)C1=O. The van der Waals surface area contributed by atoms with Gasteiger partial charge in [0.2, 0.25) is 0 Å². The first kappa shape index (κ1) is 13.9. The van der Waals surface area contributed by atoms with Crippen molar-refractivity contribution in [1.82, 2.24) is 9.80 Å². The summed E-state index contributed by atoms with van der Waals surface area (Å²) in [4.78, 5) is 26.9. The number of carbonyl (C=O) groups excluding carboxylic acids is 2. The number of benzene rings is 1. The van der Waals surface area contributed by atoms with Crippen molar-refractivity contribution in [2.45, 2.75) is 13.5 Å². The third-order valence-corrected chi connectivity index (χ3v) is 4.03. The van der Waals surface area contributed by atoms with Crippen molar-refractivity contribution in [3.05, 3.63) is 28.2 Å². The van der Waals surface area contributed by atoms with Crippen molar-refractivity contribution >= 4 is 33.4 Å². The minimum Gasteiger partial charge on any atom is -0.398 e. The smallest absolute Gasteiger partial charge is 0.312 e. The molecule has 1 saturated heterocycles. The van der Waals surface area contributed by atoms with Gasteiger partial charge in [0.25, 0.3) is 0 Å². The number of nitrogens with two attached hydrogens (primary N) is 1. The molecular weight excluding hydrogens is 310 g/mol. The number of halogens is 1. The lowest BCUT2D eigenvalue weighted by Crippen LogP contribution is -2.53. The maximum atomic E-state index is 12.0. The molecule has 0 unspecified atom stereocenters. The fraction of sp³-hybridized carbons (Fsp3) is 0.385. The normalized spacial score (nSPS) is 16.1. The van der Waals surface area contributed by atoms with Crippen molar-refractivity contribution in [3.8, 4) is 0 Å². The van der Waals surface area contributed by atoms with E-state index in [1.54, 1.807) is 15.9 Å². The van der Waals surface area contributed by atoms with E-state index < -0.39 is 11.8 Å². The molecule has 19 heavy (non-hydrogen) atoms. The summed E-state index contributed by atoms with van der Waals surface area (Å²) in [6.45, 7) is 3.90. The van der Waals surface area contributed by atoms with Crippen LogP contribution in [0.2, 0.25) is 0 Å². The zero-order valence-electron chi connectivity index (χ0n) is 10.7. The van der Waals surface area contributed by atoms with Gasteiger partial charge in [-0.05, 0) is 19.1 Å². The van der Waals surface area contributed by atoms with E-state index in [9.17, 15) is 9.59 Å². The van der Waals surface area contributed by atoms with Crippen LogP contribution in [0.5, 0.6) is 0 Å². The maximum absolute atomic E-state index is 12.0. The zero-order chi connectivity index (χ0) is 14.0. The highest BCUT2D eigenvalue weighted by Crippen LogP contribution is 2.24. The number of rotatable bonds is 3. The van der Waals surface area contributed by atoms with Crippen molar-refractivity contribution < 1.29 is 9.59 Å². The largest absolute Gasteiger partial charge is 0.398 e. The number of carbonyl (C=O) groups is 2. The average molecular weight is 326 g/mol. The van der Waals surface area contributed by atoms with E-state index >= 15 is 0 Å². The molecule has 1 aliphatic heterocycles. The average Bonchev–Trinajstić information content (AvgIpc) is 2.39. The minimum absolute atomic E-state index is 0.357. The predicted octanol–water partition coefficient (Wildman–Crippen LogP) is 1.22. The number of hydrogen-bond donors (Lipinski definition) is 1. The van der Waals surface area contributed by atoms with E-state index in [1.165, 1.54) is 0 Å². The Morgan fingerprint density at radius 1 is 1.21 bits per heavy atom. The van der Waals surface area contributed by atoms with Gasteiger partial charge in [-0.3, -0.25) is 9.59 Å². The van der Waals surface area contributed by atoms with Gasteiger partial charge >= 0.3 is 11.8 Å². The number of amides is 2. The number of likely N-dealkylation sites (N-methyl/N-ethyl adjacent to an activating group) is 1. The second kappa shape index (κ2) is 5.61. The molecule has 1 heterocycles. The van der Waals surface area contributed by atoms with Gasteiger partial charge in [-0.25, -0.2) is 0 Å². The summed E-state index contributed by atoms with van der Waals surface area (Å²) in [6.07, 6.45) is 0. The van der Waals surface area contributed by atoms with Gasteiger partial charge in [0.05, 0.1) is 0 Å². The Morgan fingerprint density at radius 3 is 2.47 bits per heavy atom. The van der Waals surface area contributed by atoms with Crippen LogP contribution in [0.1, 0.15) is 12.5 Å². The topological polar surface area (TPSA) is 66.6 Å². The maximum Gasteiger partial charge on any atom is 0.312 e. The van der Waals surface area contributed by atoms with E-state index in [2.05, 4.69) is 15.9 Å². The number of hydrogen-bond acceptors (Lipinski definition) is 3. The Balaban J connectivity index is 2.16. The van der Waals surface area contributed by atoms with Crippen LogP contribution in [0.3, 0.4) is 0 Å². The van der Waals surface area contributed by atoms with E-state index in [-0.39, 0.29) is 0 Å². The molecule has 0 saturated carbocycles. The highest BCUT2D eigenvalue weighted by atomic mass is 79.9. The van der Waals surface area contributed by atoms with Crippen LogP contribution in [-0.2, 0) is 16.1 Å². The van der Waals surface area contributed by atoms with E-state index in [4.69, 9.17) is 5.73 Å². The summed E-state index contributed by atoms with van der Waals surface area (Å²) in [5.74, 6) is -0.886. The second-order valence-corrected chi connectivity index (χ2v) is 5.27. The Hall–Kier alpha value is -1.56. The molecule has 2 N–H and O–H groups in total. The van der Waals surface area contributed by atoms with Gasteiger partial charge in [-0.15, -0.1) is 0 Å². The van der Waals surface area contributed by atoms with Crippen LogP contribution in [-0.4, -0.2) is 41.2 Å². The molecule has 0 bridgehead atoms. The van der Waals surface area contributed by atoms with Crippen LogP contribution in [0.25, 0.3) is 0 Å². The van der Waals surface area contributed by atoms with Gasteiger partial charge in [0, 0.05) is 41.9 Å². The molecule has 1 fully saturated rings. The summed E-state index contributed by atoms with van der Waals surface area (Å²) in [7, 11) is 0. The third-order valence-electron chi connectivity index (χ3n) is 3.28. The molecule has 1 aromatic carbocycles. The second-order valence-electron chi connectivity index (χ2n) is 4.42. The quantitative estimate of drug-likeness (QED) is 0.671. The number of piperazine rings is 1. The molecule has 0 spiro atoms. The number of anilines is 1. The lowest BCUT2D eigenvalue weighted by atomic mass is 10.1. The monoisotopic (exact) mass is 325 g/mol. The number of nitrogens with zero attached hydrogens (tertiary/aromatic N) is 2. The third kappa shape index (κ3) is 2.73. The lowest BCUT2D eigenvalue weighted by molar-refractivity contribution is -0.156. The molecule has 0 aliphatic carbocycles. The van der Waals surface area contributed by atoms with Crippen LogP contribution < -0.4 is 5.73 Å². The van der Waals surface area contributed by atoms with Crippen LogP contribution in [0.4, 0.5) is 5.69 Å². The lowest BCUT2D eigenvalue weighted by Gasteiger charge is -2.33. The summed E-state index contributed by atoms with van der Waals surface area (Å²) in [6, 6.07) is 5.50. The fourth-order valence-electron chi connectivity index (χ4n) is 2.10. The van der Waals surface area contributed by atoms with Gasteiger partial charge in [0.15, 0.2) is 0 Å². The standard InChI is InChI=1S/C13H16BrN3O2/c1-2-16-6-7-17(13(19)12(16)18)8-9-10(14)4-3-5-11(9)15/h3-5H,2,6-8,15H2,1H3. The van der Waals surface area contributed by atoms with E-state index in [1.807, 2.05) is 19.1 Å². The first-order chi connectivity index (χ1) is 9.04. The molecule has 0 aromatic heterocycles. The van der Waals surface area contributed by atoms with Crippen LogP contribution in [0.15, 0.2) is 22.7 Å². The predicted molar refractivity (Wildman–Crippen MR) is 76.2 cm³/mol. The van der Waals surface area contributed by atoms with E-state index in [0.717, 1.165) is 10.0 Å². The molecular formula is C13H16BrN3O2. The van der Waals surface area contributed by atoms with Crippen LogP contribution >= 0.6 is 15.9 Å². The van der Waals surface area contributed by atoms with Crippen molar-refractivity contribution in [3.63, 3.8) is 0 Å².